The molecule has 0 aromatic carbocycles. The summed E-state index contributed by atoms with van der Waals surface area (Å²) in [5.41, 5.74) is 0. The fourth-order valence-electron chi connectivity index (χ4n) is 0.713. The molecule has 1 fully saturated rings. The second kappa shape index (κ2) is 2.98. The Hall–Kier alpha value is -1.36. The zero-order valence-corrected chi connectivity index (χ0v) is 5.76. The van der Waals surface area contributed by atoms with Crippen LogP contribution >= 0.6 is 0 Å². The molecular weight excluding hydrogens is 128 g/mol. The van der Waals surface area contributed by atoms with Gasteiger partial charge in [-0.05, 0) is 13.0 Å². The van der Waals surface area contributed by atoms with Gasteiger partial charge in [0.05, 0.1) is 0 Å². The second-order valence-corrected chi connectivity index (χ2v) is 1.73. The van der Waals surface area contributed by atoms with Gasteiger partial charge in [-0.25, -0.2) is 0 Å². The average molecular weight is 136 g/mol. The Morgan fingerprint density at radius 1 is 1.50 bits per heavy atom. The lowest BCUT2D eigenvalue weighted by atomic mass is 10.3. The van der Waals surface area contributed by atoms with Crippen LogP contribution in [0.15, 0.2) is 23.7 Å². The molecule has 0 aliphatic carbocycles. The van der Waals surface area contributed by atoms with Crippen molar-refractivity contribution in [3.05, 3.63) is 23.7 Å². The predicted molar refractivity (Wildman–Crippen MR) is 37.7 cm³/mol. The van der Waals surface area contributed by atoms with E-state index in [0.717, 1.165) is 5.76 Å². The van der Waals surface area contributed by atoms with Crippen molar-refractivity contribution in [2.45, 2.75) is 6.92 Å². The smallest absolute Gasteiger partial charge is 0.231 e. The van der Waals surface area contributed by atoms with Gasteiger partial charge in [-0.15, -0.1) is 6.42 Å². The first-order valence-electron chi connectivity index (χ1n) is 2.97. The summed E-state index contributed by atoms with van der Waals surface area (Å²) in [7, 11) is 0. The van der Waals surface area contributed by atoms with Gasteiger partial charge in [-0.1, -0.05) is 5.92 Å². The van der Waals surface area contributed by atoms with E-state index in [1.807, 2.05) is 13.0 Å². The van der Waals surface area contributed by atoms with Crippen LogP contribution in [0.5, 0.6) is 0 Å². The highest BCUT2D eigenvalue weighted by molar-refractivity contribution is 5.28. The third-order valence-electron chi connectivity index (χ3n) is 1.15. The molecule has 1 heterocycles. The van der Waals surface area contributed by atoms with E-state index < -0.39 is 0 Å². The predicted octanol–water partition coefficient (Wildman–Crippen LogP) is 1.41. The lowest BCUT2D eigenvalue weighted by Gasteiger charge is -1.90. The van der Waals surface area contributed by atoms with Crippen molar-refractivity contribution in [2.24, 2.45) is 0 Å². The average Bonchev–Trinajstić information content (AvgIpc) is 2.36. The van der Waals surface area contributed by atoms with Crippen LogP contribution in [0.1, 0.15) is 6.92 Å². The molecule has 0 aromatic rings. The fraction of sp³-hybridized carbons (Fsp3) is 0.250. The van der Waals surface area contributed by atoms with Gasteiger partial charge in [0.1, 0.15) is 0 Å². The molecule has 1 rings (SSSR count). The van der Waals surface area contributed by atoms with Crippen molar-refractivity contribution in [1.82, 2.24) is 0 Å². The first-order chi connectivity index (χ1) is 4.88. The fourth-order valence-corrected chi connectivity index (χ4v) is 0.713. The van der Waals surface area contributed by atoms with E-state index in [4.69, 9.17) is 15.9 Å². The lowest BCUT2D eigenvalue weighted by molar-refractivity contribution is 0.0976. The van der Waals surface area contributed by atoms with E-state index >= 15 is 0 Å². The summed E-state index contributed by atoms with van der Waals surface area (Å²) in [6.07, 6.45) is 8.40. The standard InChI is InChI=1S/C8H8O2/c1-3-5-8-7(4-2)9-6-10-8/h1,4-5H,6H2,2H3/b7-4+,8-5+. The Kier molecular flexibility index (Phi) is 2.01. The van der Waals surface area contributed by atoms with E-state index in [1.54, 1.807) is 6.08 Å². The van der Waals surface area contributed by atoms with Crippen LogP contribution in [0.2, 0.25) is 0 Å². The third-order valence-corrected chi connectivity index (χ3v) is 1.15. The first kappa shape index (κ1) is 6.76. The Labute approximate surface area is 60.1 Å². The molecule has 2 nitrogen and oxygen atoms in total. The molecule has 0 bridgehead atoms. The van der Waals surface area contributed by atoms with Crippen LogP contribution in [0.25, 0.3) is 0 Å². The Bertz CT molecular complexity index is 218. The van der Waals surface area contributed by atoms with Gasteiger partial charge in [0.15, 0.2) is 11.5 Å². The second-order valence-electron chi connectivity index (χ2n) is 1.73. The van der Waals surface area contributed by atoms with E-state index in [0.29, 0.717) is 5.76 Å². The Balaban J connectivity index is 2.80. The van der Waals surface area contributed by atoms with Gasteiger partial charge in [-0.3, -0.25) is 0 Å². The molecule has 0 radical (unpaired) electrons. The lowest BCUT2D eigenvalue weighted by Crippen LogP contribution is -1.79. The molecule has 0 aromatic heterocycles. The summed E-state index contributed by atoms with van der Waals surface area (Å²) in [6.45, 7) is 2.14. The van der Waals surface area contributed by atoms with Crippen molar-refractivity contribution in [3.8, 4) is 12.3 Å². The number of allylic oxidation sites excluding steroid dienone is 2. The van der Waals surface area contributed by atoms with Gasteiger partial charge in [0.25, 0.3) is 0 Å². The van der Waals surface area contributed by atoms with Crippen molar-refractivity contribution < 1.29 is 9.47 Å². The zero-order chi connectivity index (χ0) is 7.40. The van der Waals surface area contributed by atoms with Crippen molar-refractivity contribution >= 4 is 0 Å². The summed E-state index contributed by atoms with van der Waals surface area (Å²) in [4.78, 5) is 0. The SMILES string of the molecule is C#C/C=C1/OCO/C1=C/C. The maximum absolute atomic E-state index is 5.04. The highest BCUT2D eigenvalue weighted by Gasteiger charge is 2.13. The van der Waals surface area contributed by atoms with Crippen LogP contribution in [-0.4, -0.2) is 6.79 Å². The maximum Gasteiger partial charge on any atom is 0.231 e. The number of hydrogen-bond donors (Lipinski definition) is 0. The van der Waals surface area contributed by atoms with Crippen LogP contribution in [0, 0.1) is 12.3 Å². The van der Waals surface area contributed by atoms with Crippen LogP contribution in [0.4, 0.5) is 0 Å². The van der Waals surface area contributed by atoms with Crippen molar-refractivity contribution in [1.29, 1.82) is 0 Å². The zero-order valence-electron chi connectivity index (χ0n) is 5.76. The summed E-state index contributed by atoms with van der Waals surface area (Å²) >= 11 is 0. The molecule has 0 spiro atoms. The van der Waals surface area contributed by atoms with Crippen LogP contribution < -0.4 is 0 Å². The molecule has 52 valence electrons. The van der Waals surface area contributed by atoms with Crippen LogP contribution in [-0.2, 0) is 9.47 Å². The molecule has 0 amide bonds. The number of terminal acetylenes is 1. The molecule has 10 heavy (non-hydrogen) atoms. The first-order valence-corrected chi connectivity index (χ1v) is 2.97. The van der Waals surface area contributed by atoms with Gasteiger partial charge in [0, 0.05) is 6.08 Å². The molecular formula is C8H8O2. The van der Waals surface area contributed by atoms with Gasteiger partial charge in [-0.2, -0.15) is 0 Å². The van der Waals surface area contributed by atoms with E-state index in [1.165, 1.54) is 0 Å². The van der Waals surface area contributed by atoms with Gasteiger partial charge in [0.2, 0.25) is 6.79 Å². The van der Waals surface area contributed by atoms with Gasteiger partial charge >= 0.3 is 0 Å². The molecule has 0 atom stereocenters. The van der Waals surface area contributed by atoms with Gasteiger partial charge < -0.3 is 9.47 Å². The van der Waals surface area contributed by atoms with E-state index in [2.05, 4.69) is 5.92 Å². The monoisotopic (exact) mass is 136 g/mol. The van der Waals surface area contributed by atoms with Crippen LogP contribution in [0.3, 0.4) is 0 Å². The van der Waals surface area contributed by atoms with Crippen molar-refractivity contribution in [2.75, 3.05) is 6.79 Å². The Morgan fingerprint density at radius 3 is 2.80 bits per heavy atom. The topological polar surface area (TPSA) is 18.5 Å². The molecule has 0 saturated carbocycles. The molecule has 0 N–H and O–H groups in total. The summed E-state index contributed by atoms with van der Waals surface area (Å²) in [5.74, 6) is 3.73. The third kappa shape index (κ3) is 1.14. The summed E-state index contributed by atoms with van der Waals surface area (Å²) in [6, 6.07) is 0. The molecule has 1 aliphatic rings. The quantitative estimate of drug-likeness (QED) is 0.469. The van der Waals surface area contributed by atoms with E-state index in [9.17, 15) is 0 Å². The molecule has 2 heteroatoms. The minimum Gasteiger partial charge on any atom is -0.454 e. The highest BCUT2D eigenvalue weighted by atomic mass is 16.7. The number of ether oxygens (including phenoxy) is 2. The molecule has 0 unspecified atom stereocenters. The largest absolute Gasteiger partial charge is 0.454 e. The maximum atomic E-state index is 5.04. The summed E-state index contributed by atoms with van der Waals surface area (Å²) < 4.78 is 10.1. The molecule has 1 saturated heterocycles. The summed E-state index contributed by atoms with van der Waals surface area (Å²) in [5, 5.41) is 0. The molecule has 1 aliphatic heterocycles. The Morgan fingerprint density at radius 2 is 2.20 bits per heavy atom. The van der Waals surface area contributed by atoms with Crippen molar-refractivity contribution in [3.63, 3.8) is 0 Å². The van der Waals surface area contributed by atoms with E-state index in [-0.39, 0.29) is 6.79 Å². The number of rotatable bonds is 0. The minimum absolute atomic E-state index is 0.271. The normalized spacial score (nSPS) is 24.0. The number of hydrogen-bond acceptors (Lipinski definition) is 2. The minimum atomic E-state index is 0.271. The highest BCUT2D eigenvalue weighted by Crippen LogP contribution is 2.19.